The molecule has 1 saturated heterocycles. The van der Waals surface area contributed by atoms with Gasteiger partial charge in [-0.1, -0.05) is 6.07 Å². The van der Waals surface area contributed by atoms with Gasteiger partial charge in [0.05, 0.1) is 39.5 Å². The largest absolute Gasteiger partial charge is 0.494 e. The van der Waals surface area contributed by atoms with Crippen LogP contribution in [-0.2, 0) is 4.74 Å². The molecule has 3 aromatic heterocycles. The fraction of sp³-hybridized carbons (Fsp3) is 0.273. The Morgan fingerprint density at radius 1 is 1.09 bits per heavy atom. The van der Waals surface area contributed by atoms with Crippen molar-refractivity contribution in [3.05, 3.63) is 60.6 Å². The van der Waals surface area contributed by atoms with Crippen LogP contribution in [0, 0.1) is 5.82 Å². The van der Waals surface area contributed by atoms with Crippen LogP contribution in [0.15, 0.2) is 53.4 Å². The van der Waals surface area contributed by atoms with E-state index in [0.717, 1.165) is 13.0 Å². The van der Waals surface area contributed by atoms with Gasteiger partial charge in [-0.3, -0.25) is 4.57 Å². The number of nitrogens with zero attached hydrogens (tertiary/aromatic N) is 5. The van der Waals surface area contributed by atoms with Crippen molar-refractivity contribution in [1.29, 1.82) is 0 Å². The van der Waals surface area contributed by atoms with Gasteiger partial charge in [0, 0.05) is 14.0 Å². The van der Waals surface area contributed by atoms with E-state index in [1.54, 1.807) is 37.2 Å². The molecule has 1 atom stereocenters. The van der Waals surface area contributed by atoms with E-state index >= 15 is 0 Å². The average Bonchev–Trinajstić information content (AvgIpc) is 3.61. The number of furan rings is 1. The summed E-state index contributed by atoms with van der Waals surface area (Å²) in [7, 11) is 3.15. The molecule has 0 unspecified atom stereocenters. The number of aromatic nitrogens is 5. The maximum Gasteiger partial charge on any atom is 0.227 e. The summed E-state index contributed by atoms with van der Waals surface area (Å²) in [4.78, 5) is 7.79. The van der Waals surface area contributed by atoms with Gasteiger partial charge in [-0.25, -0.2) is 14.4 Å². The maximum absolute atomic E-state index is 12.4. The number of benzene rings is 1. The van der Waals surface area contributed by atoms with Crippen LogP contribution in [0.3, 0.4) is 0 Å². The summed E-state index contributed by atoms with van der Waals surface area (Å²) in [6, 6.07) is 8.99. The first-order chi connectivity index (χ1) is 16.1. The number of methoxy groups -OCH3 is 2. The Bertz CT molecular complexity index is 1160. The van der Waals surface area contributed by atoms with Crippen molar-refractivity contribution in [2.24, 2.45) is 0 Å². The lowest BCUT2D eigenvalue weighted by Crippen LogP contribution is -2.06. The third kappa shape index (κ3) is 4.77. The second-order valence-corrected chi connectivity index (χ2v) is 7.03. The minimum absolute atomic E-state index is 0. The lowest BCUT2D eigenvalue weighted by Gasteiger charge is -2.15. The van der Waals surface area contributed by atoms with E-state index in [9.17, 15) is 4.39 Å². The van der Waals surface area contributed by atoms with Gasteiger partial charge in [-0.05, 0) is 30.7 Å². The molecule has 0 saturated carbocycles. The van der Waals surface area contributed by atoms with E-state index in [0.29, 0.717) is 41.2 Å². The van der Waals surface area contributed by atoms with Crippen LogP contribution in [0.25, 0.3) is 17.3 Å². The quantitative estimate of drug-likeness (QED) is 0.480. The zero-order valence-electron chi connectivity index (χ0n) is 18.1. The van der Waals surface area contributed by atoms with Crippen LogP contribution in [0.2, 0.25) is 0 Å². The Kier molecular flexibility index (Phi) is 6.79. The number of rotatable bonds is 5. The highest BCUT2D eigenvalue weighted by atomic mass is 19.1. The Labute approximate surface area is 190 Å². The molecule has 1 aromatic carbocycles. The summed E-state index contributed by atoms with van der Waals surface area (Å²) in [5.41, 5.74) is 6.58. The molecule has 174 valence electrons. The Hall–Kier alpha value is -3.99. The summed E-state index contributed by atoms with van der Waals surface area (Å²) in [6.45, 7) is 1.41. The molecular weight excluding hydrogens is 431 g/mol. The SMILES string of the molecule is COc1cccc(OC)c1-n1c(N)nnc1-c1ccco1.Fc1cnc([C@H]2CCOC2)nc1.[HH]. The lowest BCUT2D eigenvalue weighted by atomic mass is 10.1. The number of para-hydroxylation sites is 1. The number of hydrogen-bond donors (Lipinski definition) is 1. The van der Waals surface area contributed by atoms with Crippen molar-refractivity contribution in [2.45, 2.75) is 12.3 Å². The van der Waals surface area contributed by atoms with Crippen molar-refractivity contribution >= 4 is 5.95 Å². The molecule has 1 aliphatic heterocycles. The molecule has 33 heavy (non-hydrogen) atoms. The smallest absolute Gasteiger partial charge is 0.227 e. The van der Waals surface area contributed by atoms with Crippen molar-refractivity contribution < 1.29 is 24.4 Å². The minimum atomic E-state index is -0.391. The molecule has 1 aliphatic rings. The first-order valence-corrected chi connectivity index (χ1v) is 10.1. The molecular formula is C22H25FN6O4. The van der Waals surface area contributed by atoms with Gasteiger partial charge in [0.15, 0.2) is 11.6 Å². The fourth-order valence-electron chi connectivity index (χ4n) is 3.41. The molecule has 10 nitrogen and oxygen atoms in total. The van der Waals surface area contributed by atoms with Gasteiger partial charge in [-0.2, -0.15) is 0 Å². The van der Waals surface area contributed by atoms with Gasteiger partial charge in [0.25, 0.3) is 0 Å². The predicted octanol–water partition coefficient (Wildman–Crippen LogP) is 3.49. The van der Waals surface area contributed by atoms with Crippen molar-refractivity contribution in [3.8, 4) is 28.8 Å². The van der Waals surface area contributed by atoms with Gasteiger partial charge < -0.3 is 24.4 Å². The number of halogens is 1. The van der Waals surface area contributed by atoms with Gasteiger partial charge in [0.1, 0.15) is 23.0 Å². The molecule has 0 aliphatic carbocycles. The molecule has 0 amide bonds. The average molecular weight is 456 g/mol. The molecule has 11 heteroatoms. The van der Waals surface area contributed by atoms with E-state index in [1.165, 1.54) is 12.4 Å². The van der Waals surface area contributed by atoms with E-state index in [-0.39, 0.29) is 13.3 Å². The molecule has 2 N–H and O–H groups in total. The number of hydrogen-bond acceptors (Lipinski definition) is 9. The standard InChI is InChI=1S/C14H14N4O3.C8H9FN2O.H2/c1-19-9-5-3-6-10(20-2)12(9)18-13(16-17-14(18)15)11-7-4-8-21-11;9-7-3-10-8(11-4-7)6-1-2-12-5-6;/h3-8H,1-2H3,(H2,15,17);3-4,6H,1-2,5H2;1H/t;6-;/m.0./s1. The van der Waals surface area contributed by atoms with E-state index in [2.05, 4.69) is 20.2 Å². The number of ether oxygens (including phenoxy) is 3. The maximum atomic E-state index is 12.4. The van der Waals surface area contributed by atoms with Gasteiger partial charge in [0.2, 0.25) is 11.8 Å². The molecule has 1 fully saturated rings. The molecule has 0 spiro atoms. The normalized spacial score (nSPS) is 15.1. The minimum Gasteiger partial charge on any atom is -0.494 e. The second-order valence-electron chi connectivity index (χ2n) is 7.03. The number of nitrogens with two attached hydrogens (primary N) is 1. The first-order valence-electron chi connectivity index (χ1n) is 10.1. The van der Waals surface area contributed by atoms with Crippen molar-refractivity contribution in [1.82, 2.24) is 24.7 Å². The second kappa shape index (κ2) is 10.1. The van der Waals surface area contributed by atoms with Crippen LogP contribution in [-0.4, -0.2) is 52.2 Å². The van der Waals surface area contributed by atoms with E-state index in [4.69, 9.17) is 24.4 Å². The highest BCUT2D eigenvalue weighted by Gasteiger charge is 2.22. The first kappa shape index (κ1) is 22.2. The highest BCUT2D eigenvalue weighted by Crippen LogP contribution is 2.36. The predicted molar refractivity (Wildman–Crippen MR) is 119 cm³/mol. The summed E-state index contributed by atoms with van der Waals surface area (Å²) >= 11 is 0. The summed E-state index contributed by atoms with van der Waals surface area (Å²) in [5.74, 6) is 2.97. The summed E-state index contributed by atoms with van der Waals surface area (Å²) < 4.78 is 35.4. The summed E-state index contributed by atoms with van der Waals surface area (Å²) in [5, 5.41) is 7.99. The molecule has 4 heterocycles. The van der Waals surface area contributed by atoms with Crippen LogP contribution in [0.4, 0.5) is 10.3 Å². The van der Waals surface area contributed by atoms with Crippen LogP contribution in [0.1, 0.15) is 19.6 Å². The zero-order chi connectivity index (χ0) is 23.2. The third-order valence-corrected chi connectivity index (χ3v) is 4.99. The van der Waals surface area contributed by atoms with Crippen molar-refractivity contribution in [2.75, 3.05) is 33.2 Å². The Morgan fingerprint density at radius 2 is 1.82 bits per heavy atom. The van der Waals surface area contributed by atoms with Gasteiger partial charge in [-0.15, -0.1) is 10.2 Å². The topological polar surface area (TPSA) is 123 Å². The molecule has 5 rings (SSSR count). The number of nitrogen functional groups attached to an aromatic ring is 1. The van der Waals surface area contributed by atoms with Gasteiger partial charge >= 0.3 is 0 Å². The monoisotopic (exact) mass is 456 g/mol. The lowest BCUT2D eigenvalue weighted by molar-refractivity contribution is 0.193. The molecule has 4 aromatic rings. The number of anilines is 1. The van der Waals surface area contributed by atoms with Crippen LogP contribution < -0.4 is 15.2 Å². The van der Waals surface area contributed by atoms with E-state index in [1.807, 2.05) is 18.2 Å². The molecule has 0 bridgehead atoms. The summed E-state index contributed by atoms with van der Waals surface area (Å²) in [6.07, 6.45) is 4.89. The third-order valence-electron chi connectivity index (χ3n) is 4.99. The van der Waals surface area contributed by atoms with Crippen molar-refractivity contribution in [3.63, 3.8) is 0 Å². The zero-order valence-corrected chi connectivity index (χ0v) is 18.1. The van der Waals surface area contributed by atoms with E-state index < -0.39 is 5.82 Å². The molecule has 0 radical (unpaired) electrons. The fourth-order valence-corrected chi connectivity index (χ4v) is 3.41. The van der Waals surface area contributed by atoms with Crippen LogP contribution >= 0.6 is 0 Å². The highest BCUT2D eigenvalue weighted by molar-refractivity contribution is 5.65. The Balaban J connectivity index is 0.000000212. The Morgan fingerprint density at radius 3 is 2.39 bits per heavy atom. The van der Waals surface area contributed by atoms with Crippen LogP contribution in [0.5, 0.6) is 11.5 Å².